The standard InChI is InChI=1S/C30H31ClFN5O2/c1-34-9-14-37(30(34)38)27-6-5-21(15-26(27)31)24-17-23(32)18-25(29(24)39-2)22-7-8-33-28(16-22)36-12-10-35(11-13-36)19-20-3-4-20/h5-9,14-18,20H,3-4,10-13,19H2,1-2H3. The summed E-state index contributed by atoms with van der Waals surface area (Å²) >= 11 is 6.61. The second-order valence-electron chi connectivity index (χ2n) is 10.4. The first-order valence-corrected chi connectivity index (χ1v) is 13.6. The summed E-state index contributed by atoms with van der Waals surface area (Å²) in [4.78, 5) is 21.9. The number of ether oxygens (including phenoxy) is 1. The van der Waals surface area contributed by atoms with Gasteiger partial charge in [0.2, 0.25) is 0 Å². The maximum atomic E-state index is 15.1. The number of halogens is 2. The van der Waals surface area contributed by atoms with Crippen LogP contribution >= 0.6 is 11.6 Å². The van der Waals surface area contributed by atoms with E-state index in [0.717, 1.165) is 43.5 Å². The van der Waals surface area contributed by atoms with Gasteiger partial charge in [-0.3, -0.25) is 9.47 Å². The third kappa shape index (κ3) is 5.18. The van der Waals surface area contributed by atoms with Crippen LogP contribution < -0.4 is 15.3 Å². The normalized spacial score (nSPS) is 16.1. The molecule has 1 aliphatic heterocycles. The van der Waals surface area contributed by atoms with Gasteiger partial charge < -0.3 is 14.2 Å². The van der Waals surface area contributed by atoms with E-state index < -0.39 is 0 Å². The lowest BCUT2D eigenvalue weighted by atomic mass is 9.97. The minimum absolute atomic E-state index is 0.201. The first-order chi connectivity index (χ1) is 18.9. The number of anilines is 1. The van der Waals surface area contributed by atoms with E-state index in [1.165, 1.54) is 40.7 Å². The highest BCUT2D eigenvalue weighted by molar-refractivity contribution is 6.32. The van der Waals surface area contributed by atoms with Crippen LogP contribution in [0.1, 0.15) is 12.8 Å². The molecule has 0 N–H and O–H groups in total. The Morgan fingerprint density at radius 3 is 2.33 bits per heavy atom. The number of rotatable bonds is 7. The molecule has 1 aliphatic carbocycles. The van der Waals surface area contributed by atoms with E-state index in [2.05, 4.69) is 14.8 Å². The first-order valence-electron chi connectivity index (χ1n) is 13.3. The van der Waals surface area contributed by atoms with Gasteiger partial charge in [0, 0.05) is 69.5 Å². The monoisotopic (exact) mass is 547 g/mol. The summed E-state index contributed by atoms with van der Waals surface area (Å²) in [7, 11) is 3.26. The fourth-order valence-electron chi connectivity index (χ4n) is 5.34. The molecule has 0 unspecified atom stereocenters. The van der Waals surface area contributed by atoms with Gasteiger partial charge in [-0.05, 0) is 66.3 Å². The molecule has 0 bridgehead atoms. The van der Waals surface area contributed by atoms with Gasteiger partial charge in [-0.15, -0.1) is 0 Å². The van der Waals surface area contributed by atoms with Crippen LogP contribution in [0.25, 0.3) is 27.9 Å². The van der Waals surface area contributed by atoms with Crippen LogP contribution in [0, 0.1) is 11.7 Å². The van der Waals surface area contributed by atoms with Gasteiger partial charge in [0.05, 0.1) is 17.8 Å². The smallest absolute Gasteiger partial charge is 0.332 e. The van der Waals surface area contributed by atoms with E-state index in [9.17, 15) is 4.79 Å². The van der Waals surface area contributed by atoms with Crippen LogP contribution in [0.15, 0.2) is 65.8 Å². The van der Waals surface area contributed by atoms with E-state index in [1.807, 2.05) is 18.2 Å². The summed E-state index contributed by atoms with van der Waals surface area (Å²) < 4.78 is 23.9. The largest absolute Gasteiger partial charge is 0.495 e. The van der Waals surface area contributed by atoms with Crippen LogP contribution in [0.4, 0.5) is 10.2 Å². The molecule has 2 fully saturated rings. The lowest BCUT2D eigenvalue weighted by molar-refractivity contribution is 0.247. The molecule has 7 nitrogen and oxygen atoms in total. The molecule has 0 spiro atoms. The Balaban J connectivity index is 1.32. The Bertz CT molecular complexity index is 1570. The number of hydrogen-bond acceptors (Lipinski definition) is 5. The molecule has 0 atom stereocenters. The Kier molecular flexibility index (Phi) is 6.91. The van der Waals surface area contributed by atoms with Gasteiger partial charge in [-0.2, -0.15) is 0 Å². The number of benzene rings is 2. The molecule has 9 heteroatoms. The molecule has 2 aliphatic rings. The van der Waals surface area contributed by atoms with Crippen molar-refractivity contribution in [2.45, 2.75) is 12.8 Å². The zero-order valence-electron chi connectivity index (χ0n) is 22.1. The molecule has 2 aromatic heterocycles. The van der Waals surface area contributed by atoms with Crippen molar-refractivity contribution in [3.8, 4) is 33.7 Å². The molecule has 39 heavy (non-hydrogen) atoms. The van der Waals surface area contributed by atoms with Crippen LogP contribution in [0.3, 0.4) is 0 Å². The van der Waals surface area contributed by atoms with Gasteiger partial charge >= 0.3 is 5.69 Å². The van der Waals surface area contributed by atoms with Crippen molar-refractivity contribution in [3.63, 3.8) is 0 Å². The van der Waals surface area contributed by atoms with Gasteiger partial charge in [-0.25, -0.2) is 14.2 Å². The van der Waals surface area contributed by atoms with Gasteiger partial charge in [-0.1, -0.05) is 17.7 Å². The third-order valence-electron chi connectivity index (χ3n) is 7.69. The molecule has 1 saturated carbocycles. The van der Waals surface area contributed by atoms with Crippen molar-refractivity contribution >= 4 is 17.4 Å². The third-order valence-corrected chi connectivity index (χ3v) is 7.99. The number of hydrogen-bond donors (Lipinski definition) is 0. The quantitative estimate of drug-likeness (QED) is 0.317. The predicted molar refractivity (Wildman–Crippen MR) is 153 cm³/mol. The maximum Gasteiger partial charge on any atom is 0.332 e. The highest BCUT2D eigenvalue weighted by Crippen LogP contribution is 2.41. The van der Waals surface area contributed by atoms with Gasteiger partial charge in [0.15, 0.2) is 0 Å². The van der Waals surface area contributed by atoms with E-state index in [1.54, 1.807) is 44.9 Å². The number of aromatic nitrogens is 3. The average molecular weight is 548 g/mol. The minimum Gasteiger partial charge on any atom is -0.495 e. The zero-order chi connectivity index (χ0) is 27.1. The predicted octanol–water partition coefficient (Wildman–Crippen LogP) is 5.24. The van der Waals surface area contributed by atoms with Crippen molar-refractivity contribution in [1.82, 2.24) is 19.0 Å². The Labute approximate surface area is 232 Å². The molecule has 0 amide bonds. The summed E-state index contributed by atoms with van der Waals surface area (Å²) in [6.07, 6.45) is 7.84. The fourth-order valence-corrected chi connectivity index (χ4v) is 5.62. The van der Waals surface area contributed by atoms with Crippen LogP contribution in [0.2, 0.25) is 5.02 Å². The molecule has 3 heterocycles. The van der Waals surface area contributed by atoms with Crippen molar-refractivity contribution in [1.29, 1.82) is 0 Å². The zero-order valence-corrected chi connectivity index (χ0v) is 22.9. The number of nitrogens with zero attached hydrogens (tertiary/aromatic N) is 5. The van der Waals surface area contributed by atoms with Gasteiger partial charge in [0.25, 0.3) is 0 Å². The number of pyridine rings is 1. The molecule has 2 aromatic carbocycles. The number of piperazine rings is 1. The van der Waals surface area contributed by atoms with Crippen LogP contribution in [-0.4, -0.2) is 58.9 Å². The van der Waals surface area contributed by atoms with E-state index in [-0.39, 0.29) is 11.5 Å². The molecule has 1 saturated heterocycles. The lowest BCUT2D eigenvalue weighted by Gasteiger charge is -2.35. The van der Waals surface area contributed by atoms with E-state index in [0.29, 0.717) is 33.1 Å². The Hall–Kier alpha value is -3.62. The first kappa shape index (κ1) is 25.6. The molecule has 0 radical (unpaired) electrons. The van der Waals surface area contributed by atoms with E-state index in [4.69, 9.17) is 16.3 Å². The van der Waals surface area contributed by atoms with Crippen molar-refractivity contribution in [2.75, 3.05) is 44.7 Å². The maximum absolute atomic E-state index is 15.1. The lowest BCUT2D eigenvalue weighted by Crippen LogP contribution is -2.47. The summed E-state index contributed by atoms with van der Waals surface area (Å²) in [5.41, 5.74) is 3.09. The summed E-state index contributed by atoms with van der Waals surface area (Å²) in [5.74, 6) is 1.93. The molecular formula is C30H31ClFN5O2. The van der Waals surface area contributed by atoms with E-state index >= 15 is 4.39 Å². The molecule has 6 rings (SSSR count). The van der Waals surface area contributed by atoms with Crippen LogP contribution in [-0.2, 0) is 7.05 Å². The number of aryl methyl sites for hydroxylation is 1. The van der Waals surface area contributed by atoms with Crippen molar-refractivity contribution in [3.05, 3.63) is 82.4 Å². The summed E-state index contributed by atoms with van der Waals surface area (Å²) in [5, 5.41) is 0.376. The second-order valence-corrected chi connectivity index (χ2v) is 10.8. The fraction of sp³-hybridized carbons (Fsp3) is 0.333. The SMILES string of the molecule is COc1c(-c2ccnc(N3CCN(CC4CC4)CC3)c2)cc(F)cc1-c1ccc(-n2ccn(C)c2=O)c(Cl)c1. The van der Waals surface area contributed by atoms with Crippen LogP contribution in [0.5, 0.6) is 5.75 Å². The highest BCUT2D eigenvalue weighted by Gasteiger charge is 2.27. The van der Waals surface area contributed by atoms with Gasteiger partial charge in [0.1, 0.15) is 17.4 Å². The second kappa shape index (κ2) is 10.5. The van der Waals surface area contributed by atoms with Crippen molar-refractivity contribution in [2.24, 2.45) is 13.0 Å². The Morgan fingerprint density at radius 2 is 1.72 bits per heavy atom. The minimum atomic E-state index is -0.382. The number of methoxy groups -OCH3 is 1. The summed E-state index contributed by atoms with van der Waals surface area (Å²) in [6.45, 7) is 5.11. The summed E-state index contributed by atoms with van der Waals surface area (Å²) in [6, 6.07) is 12.1. The molecular weight excluding hydrogens is 517 g/mol. The molecule has 4 aromatic rings. The number of imidazole rings is 1. The molecule has 202 valence electrons. The average Bonchev–Trinajstić information content (AvgIpc) is 3.71. The van der Waals surface area contributed by atoms with Crippen molar-refractivity contribution < 1.29 is 9.13 Å². The highest BCUT2D eigenvalue weighted by atomic mass is 35.5. The Morgan fingerprint density at radius 1 is 1.00 bits per heavy atom. The topological polar surface area (TPSA) is 55.5 Å².